The van der Waals surface area contributed by atoms with E-state index in [4.69, 9.17) is 5.11 Å². The summed E-state index contributed by atoms with van der Waals surface area (Å²) in [6.45, 7) is 0.757. The van der Waals surface area contributed by atoms with Crippen LogP contribution in [-0.4, -0.2) is 55.0 Å². The molecule has 6 nitrogen and oxygen atoms in total. The molecule has 1 aliphatic heterocycles. The van der Waals surface area contributed by atoms with Gasteiger partial charge in [-0.2, -0.15) is 4.31 Å². The first-order chi connectivity index (χ1) is 10.5. The smallest absolute Gasteiger partial charge is 0.407 e. The van der Waals surface area contributed by atoms with Gasteiger partial charge in [0.05, 0.1) is 4.90 Å². The summed E-state index contributed by atoms with van der Waals surface area (Å²) in [4.78, 5) is 12.4. The third-order valence-electron chi connectivity index (χ3n) is 3.87. The molecule has 116 valence electrons. The van der Waals surface area contributed by atoms with Crippen molar-refractivity contribution in [3.05, 3.63) is 42.5 Å². The molecule has 0 aromatic heterocycles. The standard InChI is InChI=1S/C15H16N2O4S/c18-15(19)16-7-9-17(10-8-16)22(20,21)14-6-5-12-3-1-2-4-13(12)11-14/h1-6,11H,7-10H2,(H,18,19). The summed E-state index contributed by atoms with van der Waals surface area (Å²) in [6.07, 6.45) is -1.01. The van der Waals surface area contributed by atoms with Crippen molar-refractivity contribution in [2.45, 2.75) is 4.90 Å². The van der Waals surface area contributed by atoms with Gasteiger partial charge in [-0.05, 0) is 22.9 Å². The van der Waals surface area contributed by atoms with Crippen LogP contribution in [-0.2, 0) is 10.0 Å². The van der Waals surface area contributed by atoms with Gasteiger partial charge in [-0.3, -0.25) is 0 Å². The van der Waals surface area contributed by atoms with Gasteiger partial charge in [-0.15, -0.1) is 0 Å². The molecule has 2 aromatic rings. The minimum atomic E-state index is -3.59. The summed E-state index contributed by atoms with van der Waals surface area (Å²) < 4.78 is 26.7. The quantitative estimate of drug-likeness (QED) is 0.915. The van der Waals surface area contributed by atoms with E-state index in [0.29, 0.717) is 0 Å². The Labute approximate surface area is 128 Å². The van der Waals surface area contributed by atoms with Crippen LogP contribution in [0.25, 0.3) is 10.8 Å². The number of fused-ring (bicyclic) bond motifs is 1. The highest BCUT2D eigenvalue weighted by Crippen LogP contribution is 2.22. The van der Waals surface area contributed by atoms with E-state index < -0.39 is 16.1 Å². The molecule has 22 heavy (non-hydrogen) atoms. The van der Waals surface area contributed by atoms with Crippen LogP contribution in [0.1, 0.15) is 0 Å². The molecule has 7 heteroatoms. The van der Waals surface area contributed by atoms with E-state index in [1.807, 2.05) is 24.3 Å². The molecule has 1 aliphatic rings. The van der Waals surface area contributed by atoms with E-state index in [2.05, 4.69) is 0 Å². The fraction of sp³-hybridized carbons (Fsp3) is 0.267. The first kappa shape index (κ1) is 14.8. The Morgan fingerprint density at radius 2 is 1.59 bits per heavy atom. The van der Waals surface area contributed by atoms with Crippen molar-refractivity contribution in [2.24, 2.45) is 0 Å². The maximum absolute atomic E-state index is 12.7. The molecule has 1 heterocycles. The predicted octanol–water partition coefficient (Wildman–Crippen LogP) is 1.82. The van der Waals surface area contributed by atoms with Crippen molar-refractivity contribution in [1.29, 1.82) is 0 Å². The average molecular weight is 320 g/mol. The number of carbonyl (C=O) groups is 1. The van der Waals surface area contributed by atoms with E-state index in [0.717, 1.165) is 10.8 Å². The molecule has 2 aromatic carbocycles. The highest BCUT2D eigenvalue weighted by molar-refractivity contribution is 7.89. The zero-order valence-corrected chi connectivity index (χ0v) is 12.7. The molecule has 3 rings (SSSR count). The van der Waals surface area contributed by atoms with E-state index in [9.17, 15) is 13.2 Å². The van der Waals surface area contributed by atoms with Gasteiger partial charge >= 0.3 is 6.09 Å². The Bertz CT molecular complexity index is 811. The van der Waals surface area contributed by atoms with Gasteiger partial charge in [-0.25, -0.2) is 13.2 Å². The fourth-order valence-electron chi connectivity index (χ4n) is 2.60. The van der Waals surface area contributed by atoms with Crippen LogP contribution in [0.5, 0.6) is 0 Å². The number of piperazine rings is 1. The van der Waals surface area contributed by atoms with Crippen LogP contribution in [0.15, 0.2) is 47.4 Å². The van der Waals surface area contributed by atoms with Crippen LogP contribution < -0.4 is 0 Å². The second-order valence-electron chi connectivity index (χ2n) is 5.18. The van der Waals surface area contributed by atoms with Crippen LogP contribution in [0, 0.1) is 0 Å². The summed E-state index contributed by atoms with van der Waals surface area (Å²) in [5, 5.41) is 10.8. The summed E-state index contributed by atoms with van der Waals surface area (Å²) >= 11 is 0. The van der Waals surface area contributed by atoms with Gasteiger partial charge in [-0.1, -0.05) is 30.3 Å². The van der Waals surface area contributed by atoms with Crippen molar-refractivity contribution < 1.29 is 18.3 Å². The first-order valence-electron chi connectivity index (χ1n) is 6.95. The normalized spacial score (nSPS) is 16.8. The summed E-state index contributed by atoms with van der Waals surface area (Å²) in [5.74, 6) is 0. The Kier molecular flexibility index (Phi) is 3.76. The summed E-state index contributed by atoms with van der Waals surface area (Å²) in [5.41, 5.74) is 0. The van der Waals surface area contributed by atoms with E-state index in [-0.39, 0.29) is 31.1 Å². The molecule has 1 fully saturated rings. The predicted molar refractivity (Wildman–Crippen MR) is 82.3 cm³/mol. The van der Waals surface area contributed by atoms with Gasteiger partial charge in [0.25, 0.3) is 0 Å². The largest absolute Gasteiger partial charge is 0.465 e. The fourth-order valence-corrected chi connectivity index (χ4v) is 4.05. The van der Waals surface area contributed by atoms with Gasteiger partial charge in [0.1, 0.15) is 0 Å². The maximum Gasteiger partial charge on any atom is 0.407 e. The monoisotopic (exact) mass is 320 g/mol. The molecular weight excluding hydrogens is 304 g/mol. The summed E-state index contributed by atoms with van der Waals surface area (Å²) in [7, 11) is -3.59. The van der Waals surface area contributed by atoms with Crippen molar-refractivity contribution in [2.75, 3.05) is 26.2 Å². The van der Waals surface area contributed by atoms with Crippen LogP contribution in [0.4, 0.5) is 4.79 Å². The highest BCUT2D eigenvalue weighted by Gasteiger charge is 2.30. The van der Waals surface area contributed by atoms with Crippen LogP contribution in [0.3, 0.4) is 0 Å². The molecule has 0 atom stereocenters. The third kappa shape index (κ3) is 2.65. The molecule has 0 spiro atoms. The van der Waals surface area contributed by atoms with Gasteiger partial charge < -0.3 is 10.0 Å². The lowest BCUT2D eigenvalue weighted by molar-refractivity contribution is 0.126. The SMILES string of the molecule is O=C(O)N1CCN(S(=O)(=O)c2ccc3ccccc3c2)CC1. The Morgan fingerprint density at radius 1 is 0.955 bits per heavy atom. The Morgan fingerprint density at radius 3 is 2.23 bits per heavy atom. The second-order valence-corrected chi connectivity index (χ2v) is 7.12. The number of hydrogen-bond donors (Lipinski definition) is 1. The Balaban J connectivity index is 1.87. The number of nitrogens with zero attached hydrogens (tertiary/aromatic N) is 2. The molecule has 0 aliphatic carbocycles. The molecular formula is C15H16N2O4S. The minimum absolute atomic E-state index is 0.182. The van der Waals surface area contributed by atoms with Crippen molar-refractivity contribution >= 4 is 26.9 Å². The minimum Gasteiger partial charge on any atom is -0.465 e. The van der Waals surface area contributed by atoms with E-state index in [1.54, 1.807) is 18.2 Å². The van der Waals surface area contributed by atoms with E-state index >= 15 is 0 Å². The number of hydrogen-bond acceptors (Lipinski definition) is 3. The molecule has 0 saturated carbocycles. The molecule has 1 amide bonds. The van der Waals surface area contributed by atoms with Gasteiger partial charge in [0, 0.05) is 26.2 Å². The van der Waals surface area contributed by atoms with Gasteiger partial charge in [0.2, 0.25) is 10.0 Å². The molecule has 0 radical (unpaired) electrons. The summed E-state index contributed by atoms with van der Waals surface area (Å²) in [6, 6.07) is 12.6. The highest BCUT2D eigenvalue weighted by atomic mass is 32.2. The van der Waals surface area contributed by atoms with Gasteiger partial charge in [0.15, 0.2) is 0 Å². The van der Waals surface area contributed by atoms with Crippen molar-refractivity contribution in [1.82, 2.24) is 9.21 Å². The van der Waals surface area contributed by atoms with Crippen LogP contribution in [0.2, 0.25) is 0 Å². The average Bonchev–Trinajstić information content (AvgIpc) is 2.54. The lowest BCUT2D eigenvalue weighted by Gasteiger charge is -2.32. The van der Waals surface area contributed by atoms with Crippen molar-refractivity contribution in [3.8, 4) is 0 Å². The number of sulfonamides is 1. The molecule has 0 unspecified atom stereocenters. The Hall–Kier alpha value is -2.12. The third-order valence-corrected chi connectivity index (χ3v) is 5.76. The molecule has 0 bridgehead atoms. The number of benzene rings is 2. The second kappa shape index (κ2) is 5.58. The van der Waals surface area contributed by atoms with Crippen molar-refractivity contribution in [3.63, 3.8) is 0 Å². The van der Waals surface area contributed by atoms with Crippen LogP contribution >= 0.6 is 0 Å². The molecule has 1 N–H and O–H groups in total. The first-order valence-corrected chi connectivity index (χ1v) is 8.39. The zero-order valence-electron chi connectivity index (χ0n) is 11.8. The number of carboxylic acid groups (broad SMARTS) is 1. The number of amides is 1. The van der Waals surface area contributed by atoms with E-state index in [1.165, 1.54) is 9.21 Å². The zero-order chi connectivity index (χ0) is 15.7. The topological polar surface area (TPSA) is 77.9 Å². The maximum atomic E-state index is 12.7. The lowest BCUT2D eigenvalue weighted by Crippen LogP contribution is -2.50. The number of rotatable bonds is 2. The lowest BCUT2D eigenvalue weighted by atomic mass is 10.1. The molecule has 1 saturated heterocycles.